The second-order valence-electron chi connectivity index (χ2n) is 9.56. The first kappa shape index (κ1) is 26.7. The van der Waals surface area contributed by atoms with Crippen molar-refractivity contribution in [3.63, 3.8) is 0 Å². The lowest BCUT2D eigenvalue weighted by molar-refractivity contribution is -0.129. The number of nitrogens with zero attached hydrogens (tertiary/aromatic N) is 3. The minimum Gasteiger partial charge on any atom is -0.367 e. The molecule has 35 heavy (non-hydrogen) atoms. The van der Waals surface area contributed by atoms with Crippen LogP contribution in [0.25, 0.3) is 0 Å². The normalized spacial score (nSPS) is 19.2. The standard InChI is InChI=1S/C28H41N5O2/c1-5-21(22(6-2)17-29)10-8-9-13-33-19-23(7-3)26-18-30-27(16-25(26)28(33)35)31-24-11-14-32(15-12-24)20(4)34/h5-6,16,18,23-24H,1-2,7-15,17,19,29H2,3-4H3,(H,30,31)/b22-21-. The number of likely N-dealkylation sites (tertiary alicyclic amines) is 1. The van der Waals surface area contributed by atoms with E-state index in [-0.39, 0.29) is 17.9 Å². The van der Waals surface area contributed by atoms with Crippen LogP contribution in [0.4, 0.5) is 5.82 Å². The summed E-state index contributed by atoms with van der Waals surface area (Å²) in [6, 6.07) is 2.19. The molecule has 1 aromatic rings. The SMILES string of the molecule is C=C/C(CN)=C(\C=C)CCCCN1CC(CC)c2cnc(NC3CCN(C(C)=O)CC3)cc2C1=O. The van der Waals surface area contributed by atoms with E-state index in [1.54, 1.807) is 13.0 Å². The molecule has 190 valence electrons. The molecule has 2 aliphatic heterocycles. The average Bonchev–Trinajstić information content (AvgIpc) is 2.87. The van der Waals surface area contributed by atoms with Gasteiger partial charge in [-0.3, -0.25) is 9.59 Å². The molecule has 2 aliphatic rings. The zero-order valence-corrected chi connectivity index (χ0v) is 21.4. The summed E-state index contributed by atoms with van der Waals surface area (Å²) in [5, 5.41) is 3.50. The van der Waals surface area contributed by atoms with Crippen LogP contribution in [0.1, 0.15) is 74.2 Å². The van der Waals surface area contributed by atoms with Gasteiger partial charge in [-0.05, 0) is 61.3 Å². The lowest BCUT2D eigenvalue weighted by Crippen LogP contribution is -2.42. The predicted molar refractivity (Wildman–Crippen MR) is 142 cm³/mol. The third-order valence-corrected chi connectivity index (χ3v) is 7.37. The zero-order valence-electron chi connectivity index (χ0n) is 21.4. The Hall–Kier alpha value is -2.93. The highest BCUT2D eigenvalue weighted by molar-refractivity contribution is 5.97. The van der Waals surface area contributed by atoms with Gasteiger partial charge in [0.1, 0.15) is 5.82 Å². The number of nitrogens with one attached hydrogen (secondary N) is 1. The number of rotatable bonds is 11. The number of hydrogen-bond acceptors (Lipinski definition) is 5. The summed E-state index contributed by atoms with van der Waals surface area (Å²) in [6.45, 7) is 15.0. The zero-order chi connectivity index (χ0) is 25.4. The monoisotopic (exact) mass is 479 g/mol. The molecule has 0 saturated carbocycles. The van der Waals surface area contributed by atoms with Crippen LogP contribution in [0.15, 0.2) is 48.7 Å². The van der Waals surface area contributed by atoms with Crippen LogP contribution >= 0.6 is 0 Å². The molecule has 3 N–H and O–H groups in total. The number of aromatic nitrogens is 1. The second-order valence-corrected chi connectivity index (χ2v) is 9.56. The molecule has 1 atom stereocenters. The minimum absolute atomic E-state index is 0.0924. The van der Waals surface area contributed by atoms with E-state index >= 15 is 0 Å². The van der Waals surface area contributed by atoms with Crippen molar-refractivity contribution in [3.05, 3.63) is 59.8 Å². The fourth-order valence-corrected chi connectivity index (χ4v) is 5.12. The lowest BCUT2D eigenvalue weighted by atomic mass is 9.88. The van der Waals surface area contributed by atoms with Crippen LogP contribution in [-0.2, 0) is 4.79 Å². The number of unbranched alkanes of at least 4 members (excludes halogenated alkanes) is 1. The molecular formula is C28H41N5O2. The van der Waals surface area contributed by atoms with Crippen molar-refractivity contribution in [2.24, 2.45) is 5.73 Å². The summed E-state index contributed by atoms with van der Waals surface area (Å²) in [4.78, 5) is 33.5. The second kappa shape index (κ2) is 12.7. The first-order chi connectivity index (χ1) is 16.9. The molecule has 1 unspecified atom stereocenters. The van der Waals surface area contributed by atoms with Crippen molar-refractivity contribution in [2.75, 3.05) is 38.0 Å². The fraction of sp³-hybridized carbons (Fsp3) is 0.536. The molecule has 1 fully saturated rings. The summed E-state index contributed by atoms with van der Waals surface area (Å²) < 4.78 is 0. The number of carbonyl (C=O) groups excluding carboxylic acids is 2. The van der Waals surface area contributed by atoms with Gasteiger partial charge in [0.2, 0.25) is 5.91 Å². The summed E-state index contributed by atoms with van der Waals surface area (Å²) in [5.41, 5.74) is 9.81. The molecular weight excluding hydrogens is 438 g/mol. The number of allylic oxidation sites excluding steroid dienone is 2. The van der Waals surface area contributed by atoms with Crippen molar-refractivity contribution in [1.82, 2.24) is 14.8 Å². The Labute approximate surface area is 210 Å². The van der Waals surface area contributed by atoms with Gasteiger partial charge in [-0.25, -0.2) is 4.98 Å². The van der Waals surface area contributed by atoms with Crippen LogP contribution in [0.3, 0.4) is 0 Å². The van der Waals surface area contributed by atoms with Crippen molar-refractivity contribution in [2.45, 2.75) is 64.3 Å². The highest BCUT2D eigenvalue weighted by Gasteiger charge is 2.31. The first-order valence-corrected chi connectivity index (χ1v) is 12.9. The predicted octanol–water partition coefficient (Wildman–Crippen LogP) is 4.25. The van der Waals surface area contributed by atoms with Crippen molar-refractivity contribution < 1.29 is 9.59 Å². The molecule has 0 aliphatic carbocycles. The van der Waals surface area contributed by atoms with E-state index in [4.69, 9.17) is 5.73 Å². The molecule has 1 saturated heterocycles. The summed E-state index contributed by atoms with van der Waals surface area (Å²) in [5.74, 6) is 1.27. The third kappa shape index (κ3) is 6.60. The van der Waals surface area contributed by atoms with Gasteiger partial charge in [-0.2, -0.15) is 0 Å². The van der Waals surface area contributed by atoms with Crippen LogP contribution in [0.2, 0.25) is 0 Å². The van der Waals surface area contributed by atoms with Crippen LogP contribution in [-0.4, -0.2) is 65.4 Å². The van der Waals surface area contributed by atoms with Gasteiger partial charge in [0.05, 0.1) is 0 Å². The molecule has 1 aromatic heterocycles. The molecule has 2 amide bonds. The van der Waals surface area contributed by atoms with Gasteiger partial charge in [-0.15, -0.1) is 0 Å². The van der Waals surface area contributed by atoms with E-state index in [1.165, 1.54) is 0 Å². The van der Waals surface area contributed by atoms with E-state index in [0.29, 0.717) is 12.5 Å². The number of pyridine rings is 1. The molecule has 0 radical (unpaired) electrons. The van der Waals surface area contributed by atoms with E-state index < -0.39 is 0 Å². The molecule has 0 aromatic carbocycles. The summed E-state index contributed by atoms with van der Waals surface area (Å²) in [7, 11) is 0. The van der Waals surface area contributed by atoms with E-state index in [0.717, 1.165) is 92.8 Å². The Kier molecular flexibility index (Phi) is 9.66. The van der Waals surface area contributed by atoms with Crippen molar-refractivity contribution in [1.29, 1.82) is 0 Å². The van der Waals surface area contributed by atoms with Gasteiger partial charge in [0.15, 0.2) is 0 Å². The molecule has 0 spiro atoms. The summed E-state index contributed by atoms with van der Waals surface area (Å²) in [6.07, 6.45) is 11.1. The molecule has 3 rings (SSSR count). The van der Waals surface area contributed by atoms with Crippen LogP contribution < -0.4 is 11.1 Å². The number of fused-ring (bicyclic) bond motifs is 1. The fourth-order valence-electron chi connectivity index (χ4n) is 5.12. The number of amides is 2. The van der Waals surface area contributed by atoms with Gasteiger partial charge in [0, 0.05) is 63.4 Å². The number of piperidine rings is 1. The Balaban J connectivity index is 1.63. The molecule has 7 heteroatoms. The average molecular weight is 480 g/mol. The Bertz CT molecular complexity index is 962. The smallest absolute Gasteiger partial charge is 0.254 e. The quantitative estimate of drug-likeness (QED) is 0.366. The van der Waals surface area contributed by atoms with E-state index in [9.17, 15) is 9.59 Å². The Morgan fingerprint density at radius 1 is 1.23 bits per heavy atom. The maximum Gasteiger partial charge on any atom is 0.254 e. The first-order valence-electron chi connectivity index (χ1n) is 12.9. The summed E-state index contributed by atoms with van der Waals surface area (Å²) >= 11 is 0. The van der Waals surface area contributed by atoms with Gasteiger partial charge >= 0.3 is 0 Å². The molecule has 7 nitrogen and oxygen atoms in total. The van der Waals surface area contributed by atoms with Crippen LogP contribution in [0, 0.1) is 0 Å². The van der Waals surface area contributed by atoms with E-state index in [1.807, 2.05) is 28.1 Å². The molecule has 0 bridgehead atoms. The minimum atomic E-state index is 0.0924. The van der Waals surface area contributed by atoms with Gasteiger partial charge in [0.25, 0.3) is 5.91 Å². The van der Waals surface area contributed by atoms with Gasteiger partial charge < -0.3 is 20.9 Å². The number of anilines is 1. The highest BCUT2D eigenvalue weighted by atomic mass is 16.2. The lowest BCUT2D eigenvalue weighted by Gasteiger charge is -2.35. The third-order valence-electron chi connectivity index (χ3n) is 7.37. The van der Waals surface area contributed by atoms with Crippen LogP contribution in [0.5, 0.6) is 0 Å². The number of carbonyl (C=O) groups is 2. The Morgan fingerprint density at radius 2 is 1.94 bits per heavy atom. The number of hydrogen-bond donors (Lipinski definition) is 2. The largest absolute Gasteiger partial charge is 0.367 e. The van der Waals surface area contributed by atoms with E-state index in [2.05, 4.69) is 30.4 Å². The maximum absolute atomic E-state index is 13.4. The van der Waals surface area contributed by atoms with Crippen molar-refractivity contribution >= 4 is 17.6 Å². The highest BCUT2D eigenvalue weighted by Crippen LogP contribution is 2.32. The van der Waals surface area contributed by atoms with Gasteiger partial charge in [-0.1, -0.05) is 32.2 Å². The molecule has 3 heterocycles. The topological polar surface area (TPSA) is 91.6 Å². The Morgan fingerprint density at radius 3 is 2.54 bits per heavy atom. The van der Waals surface area contributed by atoms with Crippen molar-refractivity contribution in [3.8, 4) is 0 Å². The maximum atomic E-state index is 13.4. The number of nitrogens with two attached hydrogens (primary N) is 1.